The first kappa shape index (κ1) is 15.0. The Balaban J connectivity index is 2.01. The van der Waals surface area contributed by atoms with Gasteiger partial charge in [-0.25, -0.2) is 0 Å². The summed E-state index contributed by atoms with van der Waals surface area (Å²) in [6, 6.07) is 0. The summed E-state index contributed by atoms with van der Waals surface area (Å²) in [4.78, 5) is 0. The lowest BCUT2D eigenvalue weighted by atomic mass is 9.78. The SMILES string of the molecule is CCOC1CC(CC(O)CCCC(C)(C)C)C1. The third-order valence-corrected chi connectivity index (χ3v) is 3.66. The van der Waals surface area contributed by atoms with Gasteiger partial charge in [0.25, 0.3) is 0 Å². The van der Waals surface area contributed by atoms with Gasteiger partial charge in [-0.3, -0.25) is 0 Å². The van der Waals surface area contributed by atoms with E-state index in [1.807, 2.05) is 0 Å². The van der Waals surface area contributed by atoms with Gasteiger partial charge in [-0.15, -0.1) is 0 Å². The summed E-state index contributed by atoms with van der Waals surface area (Å²) in [6.07, 6.45) is 6.99. The van der Waals surface area contributed by atoms with Crippen LogP contribution < -0.4 is 0 Å². The van der Waals surface area contributed by atoms with Crippen molar-refractivity contribution < 1.29 is 9.84 Å². The molecular formula is C15H30O2. The fourth-order valence-electron chi connectivity index (χ4n) is 2.61. The molecule has 0 aromatic rings. The minimum Gasteiger partial charge on any atom is -0.393 e. The first-order valence-corrected chi connectivity index (χ1v) is 7.20. The molecule has 1 saturated carbocycles. The van der Waals surface area contributed by atoms with Gasteiger partial charge in [-0.05, 0) is 50.4 Å². The lowest BCUT2D eigenvalue weighted by Gasteiger charge is -2.36. The van der Waals surface area contributed by atoms with Crippen molar-refractivity contribution >= 4 is 0 Å². The molecule has 1 unspecified atom stereocenters. The molecule has 2 nitrogen and oxygen atoms in total. The summed E-state index contributed by atoms with van der Waals surface area (Å²) in [6.45, 7) is 9.66. The van der Waals surface area contributed by atoms with E-state index in [9.17, 15) is 5.11 Å². The van der Waals surface area contributed by atoms with Crippen LogP contribution in [-0.4, -0.2) is 23.9 Å². The predicted molar refractivity (Wildman–Crippen MR) is 72.1 cm³/mol. The number of ether oxygens (including phenoxy) is 1. The van der Waals surface area contributed by atoms with Crippen molar-refractivity contribution in [2.45, 2.75) is 78.4 Å². The summed E-state index contributed by atoms with van der Waals surface area (Å²) < 4.78 is 5.53. The van der Waals surface area contributed by atoms with Crippen molar-refractivity contribution in [3.8, 4) is 0 Å². The Labute approximate surface area is 107 Å². The standard InChI is InChI=1S/C15H30O2/c1-5-17-14-10-12(11-14)9-13(16)7-6-8-15(2,3)4/h12-14,16H,5-11H2,1-4H3. The molecule has 0 bridgehead atoms. The van der Waals surface area contributed by atoms with Crippen LogP contribution in [0.1, 0.15) is 66.2 Å². The molecule has 1 atom stereocenters. The van der Waals surface area contributed by atoms with Gasteiger partial charge >= 0.3 is 0 Å². The van der Waals surface area contributed by atoms with Crippen LogP contribution >= 0.6 is 0 Å². The van der Waals surface area contributed by atoms with Gasteiger partial charge in [0, 0.05) is 6.61 Å². The molecule has 17 heavy (non-hydrogen) atoms. The fourth-order valence-corrected chi connectivity index (χ4v) is 2.61. The maximum absolute atomic E-state index is 9.96. The maximum Gasteiger partial charge on any atom is 0.0580 e. The highest BCUT2D eigenvalue weighted by molar-refractivity contribution is 4.82. The van der Waals surface area contributed by atoms with E-state index in [1.165, 1.54) is 6.42 Å². The molecule has 1 aliphatic rings. The molecule has 102 valence electrons. The normalized spacial score (nSPS) is 26.6. The Hall–Kier alpha value is -0.0800. The van der Waals surface area contributed by atoms with Gasteiger partial charge in [0.2, 0.25) is 0 Å². The number of hydrogen-bond acceptors (Lipinski definition) is 2. The Morgan fingerprint density at radius 3 is 2.47 bits per heavy atom. The monoisotopic (exact) mass is 242 g/mol. The van der Waals surface area contributed by atoms with Gasteiger partial charge in [0.05, 0.1) is 12.2 Å². The quantitative estimate of drug-likeness (QED) is 0.736. The number of aliphatic hydroxyl groups is 1. The average Bonchev–Trinajstić information content (AvgIpc) is 2.12. The Morgan fingerprint density at radius 1 is 1.29 bits per heavy atom. The molecule has 0 saturated heterocycles. The van der Waals surface area contributed by atoms with E-state index in [0.29, 0.717) is 17.4 Å². The molecule has 0 aromatic heterocycles. The second kappa shape index (κ2) is 6.75. The fraction of sp³-hybridized carbons (Fsp3) is 1.00. The van der Waals surface area contributed by atoms with E-state index in [1.54, 1.807) is 0 Å². The third-order valence-electron chi connectivity index (χ3n) is 3.66. The topological polar surface area (TPSA) is 29.5 Å². The van der Waals surface area contributed by atoms with Crippen molar-refractivity contribution in [2.75, 3.05) is 6.61 Å². The van der Waals surface area contributed by atoms with Gasteiger partial charge < -0.3 is 9.84 Å². The molecule has 0 aromatic carbocycles. The summed E-state index contributed by atoms with van der Waals surface area (Å²) in [5, 5.41) is 9.96. The van der Waals surface area contributed by atoms with E-state index < -0.39 is 0 Å². The Morgan fingerprint density at radius 2 is 1.94 bits per heavy atom. The molecule has 0 spiro atoms. The van der Waals surface area contributed by atoms with Crippen LogP contribution in [0.4, 0.5) is 0 Å². The molecule has 0 heterocycles. The van der Waals surface area contributed by atoms with Crippen LogP contribution in [0.15, 0.2) is 0 Å². The van der Waals surface area contributed by atoms with Gasteiger partial charge in [-0.1, -0.05) is 27.2 Å². The number of rotatable bonds is 7. The maximum atomic E-state index is 9.96. The molecule has 0 radical (unpaired) electrons. The van der Waals surface area contributed by atoms with Crippen molar-refractivity contribution in [3.05, 3.63) is 0 Å². The van der Waals surface area contributed by atoms with Crippen LogP contribution in [0.5, 0.6) is 0 Å². The van der Waals surface area contributed by atoms with Gasteiger partial charge in [0.15, 0.2) is 0 Å². The zero-order valence-corrected chi connectivity index (χ0v) is 12.0. The zero-order chi connectivity index (χ0) is 12.9. The highest BCUT2D eigenvalue weighted by Crippen LogP contribution is 2.34. The average molecular weight is 242 g/mol. The molecule has 0 amide bonds. The largest absolute Gasteiger partial charge is 0.393 e. The lowest BCUT2D eigenvalue weighted by Crippen LogP contribution is -2.33. The van der Waals surface area contributed by atoms with E-state index in [2.05, 4.69) is 27.7 Å². The second-order valence-electron chi connectivity index (χ2n) is 6.76. The minimum atomic E-state index is -0.0927. The summed E-state index contributed by atoms with van der Waals surface area (Å²) in [5.74, 6) is 0.705. The first-order valence-electron chi connectivity index (χ1n) is 7.20. The van der Waals surface area contributed by atoms with Crippen molar-refractivity contribution in [2.24, 2.45) is 11.3 Å². The smallest absolute Gasteiger partial charge is 0.0580 e. The Bertz CT molecular complexity index is 201. The highest BCUT2D eigenvalue weighted by Gasteiger charge is 2.30. The second-order valence-corrected chi connectivity index (χ2v) is 6.76. The van der Waals surface area contributed by atoms with E-state index in [4.69, 9.17) is 4.74 Å². The summed E-state index contributed by atoms with van der Waals surface area (Å²) >= 11 is 0. The predicted octanol–water partition coefficient (Wildman–Crippen LogP) is 3.77. The van der Waals surface area contributed by atoms with Crippen molar-refractivity contribution in [3.63, 3.8) is 0 Å². The van der Waals surface area contributed by atoms with Crippen molar-refractivity contribution in [1.29, 1.82) is 0 Å². The van der Waals surface area contributed by atoms with Gasteiger partial charge in [0.1, 0.15) is 0 Å². The molecule has 1 N–H and O–H groups in total. The summed E-state index contributed by atoms with van der Waals surface area (Å²) in [5.41, 5.74) is 0.399. The van der Waals surface area contributed by atoms with Crippen LogP contribution in [0, 0.1) is 11.3 Å². The third kappa shape index (κ3) is 6.42. The van der Waals surface area contributed by atoms with Gasteiger partial charge in [-0.2, -0.15) is 0 Å². The molecular weight excluding hydrogens is 212 g/mol. The lowest BCUT2D eigenvalue weighted by molar-refractivity contribution is -0.0385. The van der Waals surface area contributed by atoms with E-state index in [0.717, 1.165) is 38.7 Å². The molecule has 1 fully saturated rings. The van der Waals surface area contributed by atoms with Crippen LogP contribution in [0.25, 0.3) is 0 Å². The number of hydrogen-bond donors (Lipinski definition) is 1. The highest BCUT2D eigenvalue weighted by atomic mass is 16.5. The number of aliphatic hydroxyl groups excluding tert-OH is 1. The Kier molecular flexibility index (Phi) is 5.94. The van der Waals surface area contributed by atoms with Crippen LogP contribution in [0.2, 0.25) is 0 Å². The van der Waals surface area contributed by atoms with Crippen LogP contribution in [-0.2, 0) is 4.74 Å². The van der Waals surface area contributed by atoms with Crippen LogP contribution in [0.3, 0.4) is 0 Å². The minimum absolute atomic E-state index is 0.0927. The zero-order valence-electron chi connectivity index (χ0n) is 12.0. The molecule has 2 heteroatoms. The van der Waals surface area contributed by atoms with E-state index >= 15 is 0 Å². The molecule has 1 aliphatic carbocycles. The van der Waals surface area contributed by atoms with Crippen molar-refractivity contribution in [1.82, 2.24) is 0 Å². The first-order chi connectivity index (χ1) is 7.90. The van der Waals surface area contributed by atoms with E-state index in [-0.39, 0.29) is 6.10 Å². The molecule has 0 aliphatic heterocycles. The summed E-state index contributed by atoms with van der Waals surface area (Å²) in [7, 11) is 0. The molecule has 1 rings (SSSR count).